The Kier molecular flexibility index (Phi) is 6.07. The van der Waals surface area contributed by atoms with Crippen molar-refractivity contribution in [1.82, 2.24) is 10.6 Å². The molecule has 0 rings (SSSR count). The highest BCUT2D eigenvalue weighted by atomic mass is 19.4. The van der Waals surface area contributed by atoms with E-state index in [1.807, 2.05) is 14.0 Å². The van der Waals surface area contributed by atoms with Gasteiger partial charge in [0, 0.05) is 19.0 Å². The first kappa shape index (κ1) is 12.7. The molecule has 80 valence electrons. The monoisotopic (exact) mass is 198 g/mol. The minimum Gasteiger partial charge on any atom is -0.318 e. The SMILES string of the molecule is CNCC(C)NCCCC(F)(F)F. The minimum absolute atomic E-state index is 0.150. The van der Waals surface area contributed by atoms with E-state index in [-0.39, 0.29) is 12.5 Å². The largest absolute Gasteiger partial charge is 0.389 e. The highest BCUT2D eigenvalue weighted by Gasteiger charge is 2.25. The summed E-state index contributed by atoms with van der Waals surface area (Å²) in [4.78, 5) is 0. The van der Waals surface area contributed by atoms with E-state index in [1.165, 1.54) is 0 Å². The number of halogens is 3. The molecule has 0 aliphatic carbocycles. The Morgan fingerprint density at radius 1 is 1.31 bits per heavy atom. The number of hydrogen-bond acceptors (Lipinski definition) is 2. The van der Waals surface area contributed by atoms with Gasteiger partial charge in [-0.3, -0.25) is 0 Å². The zero-order valence-electron chi connectivity index (χ0n) is 8.04. The van der Waals surface area contributed by atoms with Crippen LogP contribution in [0.5, 0.6) is 0 Å². The quantitative estimate of drug-likeness (QED) is 0.632. The first-order valence-corrected chi connectivity index (χ1v) is 4.40. The van der Waals surface area contributed by atoms with Crippen molar-refractivity contribution < 1.29 is 13.2 Å². The van der Waals surface area contributed by atoms with Gasteiger partial charge in [-0.15, -0.1) is 0 Å². The van der Waals surface area contributed by atoms with Gasteiger partial charge in [0.05, 0.1) is 0 Å². The maximum absolute atomic E-state index is 11.7. The summed E-state index contributed by atoms with van der Waals surface area (Å²) in [5, 5.41) is 5.93. The molecule has 0 saturated heterocycles. The van der Waals surface area contributed by atoms with Gasteiger partial charge in [-0.2, -0.15) is 13.2 Å². The van der Waals surface area contributed by atoms with E-state index < -0.39 is 12.6 Å². The molecule has 0 aliphatic heterocycles. The van der Waals surface area contributed by atoms with Crippen molar-refractivity contribution in [3.8, 4) is 0 Å². The maximum Gasteiger partial charge on any atom is 0.389 e. The predicted octanol–water partition coefficient (Wildman–Crippen LogP) is 1.53. The lowest BCUT2D eigenvalue weighted by Crippen LogP contribution is -2.35. The van der Waals surface area contributed by atoms with Crippen LogP contribution < -0.4 is 10.6 Å². The number of hydrogen-bond donors (Lipinski definition) is 2. The number of rotatable bonds is 6. The van der Waals surface area contributed by atoms with Gasteiger partial charge < -0.3 is 10.6 Å². The lowest BCUT2D eigenvalue weighted by atomic mass is 10.2. The highest BCUT2D eigenvalue weighted by molar-refractivity contribution is 4.62. The standard InChI is InChI=1S/C8H17F3N2/c1-7(6-12-2)13-5-3-4-8(9,10)11/h7,12-13H,3-6H2,1-2H3. The molecule has 0 saturated carbocycles. The predicted molar refractivity (Wildman–Crippen MR) is 46.7 cm³/mol. The summed E-state index contributed by atoms with van der Waals surface area (Å²) in [7, 11) is 1.81. The van der Waals surface area contributed by atoms with E-state index in [0.717, 1.165) is 6.54 Å². The van der Waals surface area contributed by atoms with Gasteiger partial charge in [-0.05, 0) is 26.9 Å². The molecular formula is C8H17F3N2. The van der Waals surface area contributed by atoms with Crippen LogP contribution in [-0.2, 0) is 0 Å². The smallest absolute Gasteiger partial charge is 0.318 e. The molecule has 0 aromatic carbocycles. The summed E-state index contributed by atoms with van der Waals surface area (Å²) in [5.41, 5.74) is 0. The molecule has 0 heterocycles. The van der Waals surface area contributed by atoms with E-state index >= 15 is 0 Å². The second-order valence-corrected chi connectivity index (χ2v) is 3.13. The second kappa shape index (κ2) is 6.21. The van der Waals surface area contributed by atoms with Crippen molar-refractivity contribution in [2.75, 3.05) is 20.1 Å². The second-order valence-electron chi connectivity index (χ2n) is 3.13. The molecule has 0 radical (unpaired) electrons. The first-order chi connectivity index (χ1) is 5.95. The Bertz CT molecular complexity index is 125. The molecule has 2 nitrogen and oxygen atoms in total. The van der Waals surface area contributed by atoms with Crippen molar-refractivity contribution >= 4 is 0 Å². The zero-order chi connectivity index (χ0) is 10.3. The fourth-order valence-corrected chi connectivity index (χ4v) is 1.02. The van der Waals surface area contributed by atoms with Crippen molar-refractivity contribution in [2.45, 2.75) is 32.0 Å². The molecule has 5 heteroatoms. The van der Waals surface area contributed by atoms with Gasteiger partial charge in [0.15, 0.2) is 0 Å². The van der Waals surface area contributed by atoms with Crippen LogP contribution in [0.3, 0.4) is 0 Å². The lowest BCUT2D eigenvalue weighted by Gasteiger charge is -2.13. The molecule has 0 aromatic rings. The van der Waals surface area contributed by atoms with E-state index in [4.69, 9.17) is 0 Å². The third kappa shape index (κ3) is 9.63. The Morgan fingerprint density at radius 2 is 1.92 bits per heavy atom. The van der Waals surface area contributed by atoms with Crippen LogP contribution in [0.15, 0.2) is 0 Å². The van der Waals surface area contributed by atoms with Crippen molar-refractivity contribution in [3.05, 3.63) is 0 Å². The normalized spacial score (nSPS) is 14.5. The molecule has 0 aromatic heterocycles. The van der Waals surface area contributed by atoms with Crippen LogP contribution in [0, 0.1) is 0 Å². The summed E-state index contributed by atoms with van der Waals surface area (Å²) in [6.07, 6.45) is -4.57. The summed E-state index contributed by atoms with van der Waals surface area (Å²) >= 11 is 0. The summed E-state index contributed by atoms with van der Waals surface area (Å²) in [6.45, 7) is 3.12. The maximum atomic E-state index is 11.7. The fourth-order valence-electron chi connectivity index (χ4n) is 1.02. The molecule has 0 aliphatic rings. The van der Waals surface area contributed by atoms with Gasteiger partial charge in [-0.25, -0.2) is 0 Å². The van der Waals surface area contributed by atoms with E-state index in [0.29, 0.717) is 6.54 Å². The number of alkyl halides is 3. The molecule has 0 amide bonds. The van der Waals surface area contributed by atoms with Crippen LogP contribution in [0.1, 0.15) is 19.8 Å². The van der Waals surface area contributed by atoms with Crippen LogP contribution >= 0.6 is 0 Å². The molecule has 2 N–H and O–H groups in total. The van der Waals surface area contributed by atoms with Gasteiger partial charge in [0.25, 0.3) is 0 Å². The Hall–Kier alpha value is -0.290. The van der Waals surface area contributed by atoms with Gasteiger partial charge in [-0.1, -0.05) is 0 Å². The van der Waals surface area contributed by atoms with Crippen LogP contribution in [0.25, 0.3) is 0 Å². The molecular weight excluding hydrogens is 181 g/mol. The zero-order valence-corrected chi connectivity index (χ0v) is 8.04. The molecule has 0 fully saturated rings. The summed E-state index contributed by atoms with van der Waals surface area (Å²) in [5.74, 6) is 0. The number of nitrogens with one attached hydrogen (secondary N) is 2. The average molecular weight is 198 g/mol. The van der Waals surface area contributed by atoms with Crippen molar-refractivity contribution in [1.29, 1.82) is 0 Å². The third-order valence-corrected chi connectivity index (χ3v) is 1.64. The Labute approximate surface area is 76.9 Å². The highest BCUT2D eigenvalue weighted by Crippen LogP contribution is 2.20. The van der Waals surface area contributed by atoms with Gasteiger partial charge in [0.2, 0.25) is 0 Å². The molecule has 1 unspecified atom stereocenters. The van der Waals surface area contributed by atoms with Gasteiger partial charge >= 0.3 is 6.18 Å². The van der Waals surface area contributed by atoms with Crippen LogP contribution in [-0.4, -0.2) is 32.4 Å². The topological polar surface area (TPSA) is 24.1 Å². The molecule has 0 bridgehead atoms. The molecule has 1 atom stereocenters. The fraction of sp³-hybridized carbons (Fsp3) is 1.00. The average Bonchev–Trinajstić information content (AvgIpc) is 1.97. The third-order valence-electron chi connectivity index (χ3n) is 1.64. The molecule has 0 spiro atoms. The van der Waals surface area contributed by atoms with Crippen LogP contribution in [0.2, 0.25) is 0 Å². The van der Waals surface area contributed by atoms with Gasteiger partial charge in [0.1, 0.15) is 0 Å². The molecule has 13 heavy (non-hydrogen) atoms. The van der Waals surface area contributed by atoms with E-state index in [1.54, 1.807) is 0 Å². The Morgan fingerprint density at radius 3 is 2.38 bits per heavy atom. The van der Waals surface area contributed by atoms with Crippen molar-refractivity contribution in [3.63, 3.8) is 0 Å². The van der Waals surface area contributed by atoms with E-state index in [2.05, 4.69) is 10.6 Å². The Balaban J connectivity index is 3.25. The van der Waals surface area contributed by atoms with E-state index in [9.17, 15) is 13.2 Å². The first-order valence-electron chi connectivity index (χ1n) is 4.40. The number of likely N-dealkylation sites (N-methyl/N-ethyl adjacent to an activating group) is 1. The lowest BCUT2D eigenvalue weighted by molar-refractivity contribution is -0.135. The minimum atomic E-state index is -4.02. The van der Waals surface area contributed by atoms with Crippen molar-refractivity contribution in [2.24, 2.45) is 0 Å². The van der Waals surface area contributed by atoms with Crippen LogP contribution in [0.4, 0.5) is 13.2 Å². The summed E-state index contributed by atoms with van der Waals surface area (Å²) < 4.78 is 35.1. The summed E-state index contributed by atoms with van der Waals surface area (Å²) in [6, 6.07) is 0.221.